The molecule has 0 saturated heterocycles. The van der Waals surface area contributed by atoms with Gasteiger partial charge in [0.2, 0.25) is 0 Å². The number of aromatic nitrogens is 1. The van der Waals surface area contributed by atoms with Crippen LogP contribution in [0.15, 0.2) is 82.8 Å². The third-order valence-corrected chi connectivity index (χ3v) is 5.64. The number of anilines is 2. The van der Waals surface area contributed by atoms with Gasteiger partial charge in [0.25, 0.3) is 0 Å². The van der Waals surface area contributed by atoms with Crippen molar-refractivity contribution in [1.82, 2.24) is 4.98 Å². The first-order valence-electron chi connectivity index (χ1n) is 9.50. The molecule has 0 saturated carbocycles. The van der Waals surface area contributed by atoms with Crippen LogP contribution >= 0.6 is 27.3 Å². The summed E-state index contributed by atoms with van der Waals surface area (Å²) in [6.45, 7) is 0. The molecule has 5 nitrogen and oxygen atoms in total. The van der Waals surface area contributed by atoms with Crippen molar-refractivity contribution in [2.45, 2.75) is 6.18 Å². The Balaban J connectivity index is 1.36. The van der Waals surface area contributed by atoms with Crippen LogP contribution in [0, 0.1) is 0 Å². The van der Waals surface area contributed by atoms with Gasteiger partial charge in [-0.2, -0.15) is 13.2 Å². The number of carbonyl (C=O) groups excluding carboxylic acids is 1. The lowest BCUT2D eigenvalue weighted by atomic mass is 10.2. The van der Waals surface area contributed by atoms with Gasteiger partial charge in [-0.1, -0.05) is 15.9 Å². The molecule has 4 aromatic rings. The summed E-state index contributed by atoms with van der Waals surface area (Å²) >= 11 is 4.57. The van der Waals surface area contributed by atoms with Gasteiger partial charge in [-0.05, 0) is 66.7 Å². The summed E-state index contributed by atoms with van der Waals surface area (Å²) in [7, 11) is 0. The van der Waals surface area contributed by atoms with Crippen molar-refractivity contribution in [2.75, 3.05) is 10.6 Å². The maximum Gasteiger partial charge on any atom is 0.416 e. The molecule has 2 amide bonds. The molecule has 168 valence electrons. The number of rotatable bonds is 5. The minimum atomic E-state index is -4.52. The molecule has 10 heteroatoms. The number of amides is 2. The average molecular weight is 534 g/mol. The van der Waals surface area contributed by atoms with Gasteiger partial charge in [0.05, 0.1) is 5.56 Å². The Morgan fingerprint density at radius 3 is 2.15 bits per heavy atom. The second-order valence-corrected chi connectivity index (χ2v) is 8.60. The van der Waals surface area contributed by atoms with Crippen molar-refractivity contribution < 1.29 is 22.7 Å². The molecule has 0 fully saturated rings. The zero-order chi connectivity index (χ0) is 23.4. The van der Waals surface area contributed by atoms with Crippen molar-refractivity contribution in [2.24, 2.45) is 0 Å². The summed E-state index contributed by atoms with van der Waals surface area (Å²) in [5.74, 6) is 1.20. The van der Waals surface area contributed by atoms with Gasteiger partial charge in [0.15, 0.2) is 0 Å². The number of hydrogen-bond acceptors (Lipinski definition) is 4. The SMILES string of the molecule is O=C(Nc1ccc(Oc2ccc(-c3nccs3)cc2)cc1)Nc1cc(Br)cc(C(F)(F)F)c1. The number of carbonyl (C=O) groups is 1. The Morgan fingerprint density at radius 2 is 1.55 bits per heavy atom. The minimum absolute atomic E-state index is 0.00958. The monoisotopic (exact) mass is 533 g/mol. The van der Waals surface area contributed by atoms with E-state index < -0.39 is 17.8 Å². The van der Waals surface area contributed by atoms with Gasteiger partial charge in [-0.3, -0.25) is 0 Å². The highest BCUT2D eigenvalue weighted by atomic mass is 79.9. The zero-order valence-corrected chi connectivity index (χ0v) is 19.1. The maximum atomic E-state index is 12.9. The van der Waals surface area contributed by atoms with Gasteiger partial charge in [-0.15, -0.1) is 11.3 Å². The molecule has 0 atom stereocenters. The number of nitrogens with zero attached hydrogens (tertiary/aromatic N) is 1. The lowest BCUT2D eigenvalue weighted by Gasteiger charge is -2.12. The summed E-state index contributed by atoms with van der Waals surface area (Å²) in [4.78, 5) is 16.5. The molecule has 2 N–H and O–H groups in total. The molecule has 1 heterocycles. The zero-order valence-electron chi connectivity index (χ0n) is 16.7. The quantitative estimate of drug-likeness (QED) is 0.273. The van der Waals surface area contributed by atoms with Gasteiger partial charge in [0.1, 0.15) is 16.5 Å². The Morgan fingerprint density at radius 1 is 0.909 bits per heavy atom. The molecule has 0 radical (unpaired) electrons. The molecule has 3 aromatic carbocycles. The Kier molecular flexibility index (Phi) is 6.66. The van der Waals surface area contributed by atoms with Gasteiger partial charge >= 0.3 is 12.2 Å². The van der Waals surface area contributed by atoms with E-state index in [-0.39, 0.29) is 10.2 Å². The predicted molar refractivity (Wildman–Crippen MR) is 126 cm³/mol. The minimum Gasteiger partial charge on any atom is -0.457 e. The molecule has 0 unspecified atom stereocenters. The number of nitrogens with one attached hydrogen (secondary N) is 2. The average Bonchev–Trinajstić information content (AvgIpc) is 3.29. The molecule has 0 aliphatic rings. The van der Waals surface area contributed by atoms with Crippen LogP contribution in [0.1, 0.15) is 5.56 Å². The highest BCUT2D eigenvalue weighted by molar-refractivity contribution is 9.10. The normalized spacial score (nSPS) is 11.2. The fourth-order valence-electron chi connectivity index (χ4n) is 2.89. The lowest BCUT2D eigenvalue weighted by Crippen LogP contribution is -2.19. The van der Waals surface area contributed by atoms with Crippen molar-refractivity contribution in [1.29, 1.82) is 0 Å². The van der Waals surface area contributed by atoms with Crippen LogP contribution in [0.5, 0.6) is 11.5 Å². The van der Waals surface area contributed by atoms with E-state index >= 15 is 0 Å². The topological polar surface area (TPSA) is 63.2 Å². The molecule has 0 aliphatic heterocycles. The summed E-state index contributed by atoms with van der Waals surface area (Å²) in [6, 6.07) is 16.6. The summed E-state index contributed by atoms with van der Waals surface area (Å²) in [5, 5.41) is 7.81. The molecular weight excluding hydrogens is 519 g/mol. The van der Waals surface area contributed by atoms with Gasteiger partial charge in [-0.25, -0.2) is 9.78 Å². The lowest BCUT2D eigenvalue weighted by molar-refractivity contribution is -0.137. The fraction of sp³-hybridized carbons (Fsp3) is 0.0435. The number of ether oxygens (including phenoxy) is 1. The summed E-state index contributed by atoms with van der Waals surface area (Å²) < 4.78 is 44.9. The van der Waals surface area contributed by atoms with Crippen LogP contribution in [0.25, 0.3) is 10.6 Å². The third-order valence-electron chi connectivity index (χ3n) is 4.36. The number of benzene rings is 3. The van der Waals surface area contributed by atoms with E-state index in [1.807, 2.05) is 29.6 Å². The second-order valence-electron chi connectivity index (χ2n) is 6.79. The van der Waals surface area contributed by atoms with Gasteiger partial charge < -0.3 is 15.4 Å². The van der Waals surface area contributed by atoms with Crippen molar-refractivity contribution in [3.8, 4) is 22.1 Å². The second kappa shape index (κ2) is 9.63. The first kappa shape index (κ1) is 22.8. The standard InChI is InChI=1S/C23H15BrF3N3O2S/c24-16-11-15(23(25,26)27)12-18(13-16)30-22(31)29-17-3-7-20(8-4-17)32-19-5-1-14(2-6-19)21-28-9-10-33-21/h1-13H,(H2,29,30,31). The molecular formula is C23H15BrF3N3O2S. The predicted octanol–water partition coefficient (Wildman–Crippen LogP) is 8.03. The van der Waals surface area contributed by atoms with E-state index in [0.717, 1.165) is 22.7 Å². The molecule has 4 rings (SSSR count). The van der Waals surface area contributed by atoms with Crippen LogP contribution in [-0.4, -0.2) is 11.0 Å². The number of thiazole rings is 1. The highest BCUT2D eigenvalue weighted by Gasteiger charge is 2.31. The first-order chi connectivity index (χ1) is 15.8. The smallest absolute Gasteiger partial charge is 0.416 e. The van der Waals surface area contributed by atoms with Crippen LogP contribution in [-0.2, 0) is 6.18 Å². The first-order valence-corrected chi connectivity index (χ1v) is 11.2. The summed E-state index contributed by atoms with van der Waals surface area (Å²) in [6.07, 6.45) is -2.77. The van der Waals surface area contributed by atoms with E-state index in [9.17, 15) is 18.0 Å². The molecule has 0 aliphatic carbocycles. The highest BCUT2D eigenvalue weighted by Crippen LogP contribution is 2.33. The molecule has 1 aromatic heterocycles. The Hall–Kier alpha value is -3.37. The van der Waals surface area contributed by atoms with E-state index in [1.54, 1.807) is 41.8 Å². The van der Waals surface area contributed by atoms with Crippen LogP contribution in [0.3, 0.4) is 0 Å². The van der Waals surface area contributed by atoms with E-state index in [0.29, 0.717) is 17.2 Å². The summed E-state index contributed by atoms with van der Waals surface area (Å²) in [5.41, 5.74) is 0.587. The van der Waals surface area contributed by atoms with Crippen LogP contribution in [0.4, 0.5) is 29.3 Å². The largest absolute Gasteiger partial charge is 0.457 e. The van der Waals surface area contributed by atoms with Crippen molar-refractivity contribution >= 4 is 44.7 Å². The number of urea groups is 1. The van der Waals surface area contributed by atoms with Crippen molar-refractivity contribution in [3.63, 3.8) is 0 Å². The fourth-order valence-corrected chi connectivity index (χ4v) is 4.03. The van der Waals surface area contributed by atoms with Crippen LogP contribution in [0.2, 0.25) is 0 Å². The number of halogens is 4. The van der Waals surface area contributed by atoms with Gasteiger partial charge in [0, 0.05) is 33.0 Å². The van der Waals surface area contributed by atoms with E-state index in [1.165, 1.54) is 6.07 Å². The maximum absolute atomic E-state index is 12.9. The van der Waals surface area contributed by atoms with Crippen LogP contribution < -0.4 is 15.4 Å². The molecule has 33 heavy (non-hydrogen) atoms. The molecule has 0 spiro atoms. The van der Waals surface area contributed by atoms with E-state index in [4.69, 9.17) is 4.74 Å². The Labute approximate surface area is 199 Å². The third kappa shape index (κ3) is 6.11. The van der Waals surface area contributed by atoms with E-state index in [2.05, 4.69) is 31.5 Å². The number of alkyl halides is 3. The molecule has 0 bridgehead atoms. The van der Waals surface area contributed by atoms with Crippen molar-refractivity contribution in [3.05, 3.63) is 88.3 Å². The number of hydrogen-bond donors (Lipinski definition) is 2. The Bertz CT molecular complexity index is 1250.